The molecule has 1 amide bonds. The molecule has 178 valence electrons. The van der Waals surface area contributed by atoms with Crippen LogP contribution in [0.3, 0.4) is 0 Å². The molecular weight excluding hydrogens is 438 g/mol. The fourth-order valence-corrected chi connectivity index (χ4v) is 6.12. The van der Waals surface area contributed by atoms with Gasteiger partial charge in [0, 0.05) is 17.5 Å². The topological polar surface area (TPSA) is 48.0 Å². The lowest BCUT2D eigenvalue weighted by molar-refractivity contribution is 0.0866. The van der Waals surface area contributed by atoms with Gasteiger partial charge in [-0.2, -0.15) is 0 Å². The molecule has 0 radical (unpaired) electrons. The molecular formula is C30H29NO4. The normalized spacial score (nSPS) is 20.2. The Hall–Kier alpha value is -3.73. The van der Waals surface area contributed by atoms with Gasteiger partial charge < -0.3 is 14.2 Å². The Labute approximate surface area is 205 Å². The van der Waals surface area contributed by atoms with Crippen molar-refractivity contribution >= 4 is 11.7 Å². The van der Waals surface area contributed by atoms with E-state index >= 15 is 0 Å². The van der Waals surface area contributed by atoms with Crippen molar-refractivity contribution in [2.45, 2.75) is 37.3 Å². The number of rotatable bonds is 5. The van der Waals surface area contributed by atoms with Gasteiger partial charge in [-0.25, -0.2) is 4.79 Å². The Morgan fingerprint density at radius 2 is 1.54 bits per heavy atom. The summed E-state index contributed by atoms with van der Waals surface area (Å²) in [6.45, 7) is 0.350. The second kappa shape index (κ2) is 8.81. The standard InChI is InChI=1S/C30H29NO4/c1-33-28-13-7-12-22(29(28)34-2)19-16-20-14-15-21(17-19)31(20)30(32)35-18-27-25-10-5-3-8-23(25)24-9-4-6-11-26(24)27/h3-13,16,20-21,27H,14-15,17-18H2,1-2H3. The molecule has 0 saturated carbocycles. The summed E-state index contributed by atoms with van der Waals surface area (Å²) >= 11 is 0. The molecule has 2 unspecified atom stereocenters. The molecule has 0 spiro atoms. The molecule has 6 rings (SSSR count). The number of hydrogen-bond donors (Lipinski definition) is 0. The van der Waals surface area contributed by atoms with Crippen LogP contribution < -0.4 is 9.47 Å². The Balaban J connectivity index is 1.21. The van der Waals surface area contributed by atoms with E-state index in [4.69, 9.17) is 14.2 Å². The molecule has 1 aliphatic carbocycles. The van der Waals surface area contributed by atoms with Crippen molar-refractivity contribution in [3.8, 4) is 22.6 Å². The van der Waals surface area contributed by atoms with Gasteiger partial charge in [-0.15, -0.1) is 0 Å². The van der Waals surface area contributed by atoms with Crippen molar-refractivity contribution in [3.05, 3.63) is 89.5 Å². The Kier molecular flexibility index (Phi) is 5.48. The number of carbonyl (C=O) groups excluding carboxylic acids is 1. The first kappa shape index (κ1) is 21.8. The Morgan fingerprint density at radius 1 is 0.857 bits per heavy atom. The van der Waals surface area contributed by atoms with Crippen molar-refractivity contribution in [2.75, 3.05) is 20.8 Å². The predicted molar refractivity (Wildman–Crippen MR) is 136 cm³/mol. The lowest BCUT2D eigenvalue weighted by atomic mass is 9.94. The molecule has 1 saturated heterocycles. The second-order valence-electron chi connectivity index (χ2n) is 9.45. The molecule has 5 nitrogen and oxygen atoms in total. The number of nitrogens with zero attached hydrogens (tertiary/aromatic N) is 1. The zero-order chi connectivity index (χ0) is 23.9. The van der Waals surface area contributed by atoms with Crippen LogP contribution in [0, 0.1) is 0 Å². The van der Waals surface area contributed by atoms with Crippen molar-refractivity contribution in [2.24, 2.45) is 0 Å². The maximum Gasteiger partial charge on any atom is 0.410 e. The minimum atomic E-state index is -0.215. The minimum absolute atomic E-state index is 0.0373. The quantitative estimate of drug-likeness (QED) is 0.444. The van der Waals surface area contributed by atoms with Gasteiger partial charge in [0.1, 0.15) is 6.61 Å². The molecule has 0 aromatic heterocycles. The average Bonchev–Trinajstić information content (AvgIpc) is 3.37. The number of ether oxygens (including phenoxy) is 3. The molecule has 2 atom stereocenters. The molecule has 3 aliphatic rings. The SMILES string of the molecule is COc1cccc(C2=CC3CCC(C2)N3C(=O)OCC2c3ccccc3-c3ccccc32)c1OC. The molecule has 0 N–H and O–H groups in total. The first-order valence-corrected chi connectivity index (χ1v) is 12.2. The van der Waals surface area contributed by atoms with E-state index < -0.39 is 0 Å². The number of amides is 1. The average molecular weight is 468 g/mol. The number of hydrogen-bond acceptors (Lipinski definition) is 4. The Morgan fingerprint density at radius 3 is 2.20 bits per heavy atom. The van der Waals surface area contributed by atoms with Crippen molar-refractivity contribution in [1.29, 1.82) is 0 Å². The maximum atomic E-state index is 13.3. The van der Waals surface area contributed by atoms with Crippen LogP contribution in [0.5, 0.6) is 11.5 Å². The molecule has 2 aliphatic heterocycles. The van der Waals surface area contributed by atoms with Gasteiger partial charge in [-0.1, -0.05) is 66.7 Å². The molecule has 35 heavy (non-hydrogen) atoms. The van der Waals surface area contributed by atoms with Crippen LogP contribution in [0.15, 0.2) is 72.8 Å². The van der Waals surface area contributed by atoms with Crippen LogP contribution in [-0.2, 0) is 4.74 Å². The molecule has 1 fully saturated rings. The minimum Gasteiger partial charge on any atom is -0.493 e. The number of para-hydroxylation sites is 1. The molecule has 5 heteroatoms. The van der Waals surface area contributed by atoms with E-state index in [9.17, 15) is 4.79 Å². The van der Waals surface area contributed by atoms with E-state index in [0.29, 0.717) is 6.61 Å². The van der Waals surface area contributed by atoms with Gasteiger partial charge in [0.15, 0.2) is 11.5 Å². The summed E-state index contributed by atoms with van der Waals surface area (Å²) in [6.07, 6.45) is 4.70. The molecule has 2 bridgehead atoms. The Bertz CT molecular complexity index is 1270. The summed E-state index contributed by atoms with van der Waals surface area (Å²) in [5.41, 5.74) is 7.18. The summed E-state index contributed by atoms with van der Waals surface area (Å²) in [5, 5.41) is 0. The monoisotopic (exact) mass is 467 g/mol. The molecule has 3 aromatic rings. The summed E-state index contributed by atoms with van der Waals surface area (Å²) in [5.74, 6) is 1.54. The summed E-state index contributed by atoms with van der Waals surface area (Å²) in [6, 6.07) is 23.0. The third-order valence-corrected chi connectivity index (χ3v) is 7.69. The molecule has 2 heterocycles. The van der Waals surface area contributed by atoms with Gasteiger partial charge >= 0.3 is 6.09 Å². The van der Waals surface area contributed by atoms with E-state index in [-0.39, 0.29) is 24.1 Å². The fraction of sp³-hybridized carbons (Fsp3) is 0.300. The zero-order valence-electron chi connectivity index (χ0n) is 20.1. The van der Waals surface area contributed by atoms with Crippen LogP contribution in [-0.4, -0.2) is 43.9 Å². The molecule has 3 aromatic carbocycles. The van der Waals surface area contributed by atoms with Gasteiger partial charge in [-0.3, -0.25) is 4.90 Å². The number of fused-ring (bicyclic) bond motifs is 5. The van der Waals surface area contributed by atoms with E-state index in [0.717, 1.165) is 36.3 Å². The van der Waals surface area contributed by atoms with Crippen molar-refractivity contribution in [3.63, 3.8) is 0 Å². The number of methoxy groups -OCH3 is 2. The van der Waals surface area contributed by atoms with Gasteiger partial charge in [0.05, 0.1) is 20.3 Å². The number of carbonyl (C=O) groups is 1. The maximum absolute atomic E-state index is 13.3. The van der Waals surface area contributed by atoms with Gasteiger partial charge in [-0.05, 0) is 53.2 Å². The first-order chi connectivity index (χ1) is 17.2. The highest BCUT2D eigenvalue weighted by molar-refractivity contribution is 5.80. The smallest absolute Gasteiger partial charge is 0.410 e. The van der Waals surface area contributed by atoms with Crippen molar-refractivity contribution < 1.29 is 19.0 Å². The second-order valence-corrected chi connectivity index (χ2v) is 9.45. The van der Waals surface area contributed by atoms with Crippen LogP contribution in [0.25, 0.3) is 16.7 Å². The zero-order valence-corrected chi connectivity index (χ0v) is 20.1. The number of benzene rings is 3. The highest BCUT2D eigenvalue weighted by atomic mass is 16.6. The summed E-state index contributed by atoms with van der Waals surface area (Å²) < 4.78 is 17.2. The van der Waals surface area contributed by atoms with E-state index in [1.807, 2.05) is 17.0 Å². The third-order valence-electron chi connectivity index (χ3n) is 7.69. The van der Waals surface area contributed by atoms with Gasteiger partial charge in [0.2, 0.25) is 0 Å². The summed E-state index contributed by atoms with van der Waals surface area (Å²) in [7, 11) is 3.32. The largest absolute Gasteiger partial charge is 0.493 e. The van der Waals surface area contributed by atoms with Crippen LogP contribution in [0.2, 0.25) is 0 Å². The van der Waals surface area contributed by atoms with Gasteiger partial charge in [0.25, 0.3) is 0 Å². The van der Waals surface area contributed by atoms with E-state index in [1.54, 1.807) is 14.2 Å². The summed E-state index contributed by atoms with van der Waals surface area (Å²) in [4.78, 5) is 15.3. The van der Waals surface area contributed by atoms with Crippen LogP contribution >= 0.6 is 0 Å². The van der Waals surface area contributed by atoms with E-state index in [2.05, 4.69) is 60.7 Å². The van der Waals surface area contributed by atoms with Crippen LogP contribution in [0.4, 0.5) is 4.79 Å². The van der Waals surface area contributed by atoms with Crippen molar-refractivity contribution in [1.82, 2.24) is 4.90 Å². The third kappa shape index (κ3) is 3.57. The first-order valence-electron chi connectivity index (χ1n) is 12.2. The lowest BCUT2D eigenvalue weighted by Crippen LogP contribution is -2.43. The lowest BCUT2D eigenvalue weighted by Gasteiger charge is -2.34. The highest BCUT2D eigenvalue weighted by Gasteiger charge is 2.41. The fourth-order valence-electron chi connectivity index (χ4n) is 6.12. The van der Waals surface area contributed by atoms with Crippen LogP contribution in [0.1, 0.15) is 41.9 Å². The van der Waals surface area contributed by atoms with E-state index in [1.165, 1.54) is 27.8 Å². The predicted octanol–water partition coefficient (Wildman–Crippen LogP) is 6.27. The highest BCUT2D eigenvalue weighted by Crippen LogP contribution is 2.46.